The van der Waals surface area contributed by atoms with Gasteiger partial charge in [0.25, 0.3) is 0 Å². The molecule has 3 nitrogen and oxygen atoms in total. The lowest BCUT2D eigenvalue weighted by molar-refractivity contribution is -0.122. The van der Waals surface area contributed by atoms with Crippen LogP contribution in [0.25, 0.3) is 0 Å². The summed E-state index contributed by atoms with van der Waals surface area (Å²) in [5.74, 6) is 0.570. The van der Waals surface area contributed by atoms with E-state index < -0.39 is 5.60 Å². The Morgan fingerprint density at radius 3 is 2.29 bits per heavy atom. The molecule has 0 aliphatic carbocycles. The van der Waals surface area contributed by atoms with Gasteiger partial charge in [0, 0.05) is 12.5 Å². The van der Waals surface area contributed by atoms with E-state index in [-0.39, 0.29) is 5.92 Å². The summed E-state index contributed by atoms with van der Waals surface area (Å²) in [6, 6.07) is 0. The Kier molecular flexibility index (Phi) is 3.67. The smallest absolute Gasteiger partial charge is 0.133 e. The van der Waals surface area contributed by atoms with E-state index in [0.717, 1.165) is 25.9 Å². The van der Waals surface area contributed by atoms with Gasteiger partial charge in [0.2, 0.25) is 0 Å². The Bertz CT molecular complexity index is 200. The highest BCUT2D eigenvalue weighted by Gasteiger charge is 2.25. The lowest BCUT2D eigenvalue weighted by atomic mass is 9.92. The molecule has 1 heterocycles. The van der Waals surface area contributed by atoms with Gasteiger partial charge in [-0.05, 0) is 46.7 Å². The van der Waals surface area contributed by atoms with E-state index in [1.54, 1.807) is 6.92 Å². The minimum atomic E-state index is -0.622. The first-order valence-corrected chi connectivity index (χ1v) is 5.34. The molecule has 1 N–H and O–H groups in total. The molecule has 0 aromatic heterocycles. The fourth-order valence-corrected chi connectivity index (χ4v) is 2.04. The van der Waals surface area contributed by atoms with Gasteiger partial charge in [0.1, 0.15) is 5.78 Å². The quantitative estimate of drug-likeness (QED) is 0.739. The molecule has 0 spiro atoms. The van der Waals surface area contributed by atoms with E-state index in [1.807, 2.05) is 13.8 Å². The second-order valence-electron chi connectivity index (χ2n) is 4.97. The van der Waals surface area contributed by atoms with Crippen molar-refractivity contribution in [2.75, 3.05) is 19.6 Å². The number of rotatable bonds is 3. The topological polar surface area (TPSA) is 40.5 Å². The largest absolute Gasteiger partial charge is 0.389 e. The van der Waals surface area contributed by atoms with Crippen molar-refractivity contribution in [1.82, 2.24) is 4.90 Å². The molecule has 3 heteroatoms. The average molecular weight is 199 g/mol. The van der Waals surface area contributed by atoms with Gasteiger partial charge < -0.3 is 10.0 Å². The van der Waals surface area contributed by atoms with Crippen LogP contribution in [0.4, 0.5) is 0 Å². The van der Waals surface area contributed by atoms with E-state index in [0.29, 0.717) is 12.3 Å². The number of ketones is 1. The summed E-state index contributed by atoms with van der Waals surface area (Å²) in [4.78, 5) is 13.4. The van der Waals surface area contributed by atoms with Crippen molar-refractivity contribution in [3.8, 4) is 0 Å². The Hall–Kier alpha value is -0.410. The van der Waals surface area contributed by atoms with Gasteiger partial charge in [-0.1, -0.05) is 0 Å². The number of Topliss-reactive ketones (excluding diaryl/α,β-unsaturated/α-hetero) is 1. The molecule has 0 atom stereocenters. The summed E-state index contributed by atoms with van der Waals surface area (Å²) in [5.41, 5.74) is -0.622. The Balaban J connectivity index is 2.33. The number of nitrogens with zero attached hydrogens (tertiary/aromatic N) is 1. The summed E-state index contributed by atoms with van der Waals surface area (Å²) in [6.45, 7) is 7.91. The molecule has 0 unspecified atom stereocenters. The molecule has 0 bridgehead atoms. The molecule has 1 saturated heterocycles. The van der Waals surface area contributed by atoms with Crippen LogP contribution in [0.2, 0.25) is 0 Å². The maximum absolute atomic E-state index is 11.1. The molecule has 0 radical (unpaired) electrons. The Morgan fingerprint density at radius 1 is 1.43 bits per heavy atom. The van der Waals surface area contributed by atoms with Crippen molar-refractivity contribution in [1.29, 1.82) is 0 Å². The Morgan fingerprint density at radius 2 is 1.93 bits per heavy atom. The molecule has 1 rings (SSSR count). The third-order valence-corrected chi connectivity index (χ3v) is 2.77. The standard InChI is InChI=1S/C11H21NO2/c1-9(13)10-4-6-12(7-5-10)8-11(2,3)14/h10,14H,4-8H2,1-3H3. The van der Waals surface area contributed by atoms with Crippen molar-refractivity contribution in [3.63, 3.8) is 0 Å². The number of carbonyl (C=O) groups is 1. The fourth-order valence-electron chi connectivity index (χ4n) is 2.04. The predicted molar refractivity (Wildman–Crippen MR) is 56.1 cm³/mol. The molecule has 0 saturated carbocycles. The summed E-state index contributed by atoms with van der Waals surface area (Å²) < 4.78 is 0. The number of likely N-dealkylation sites (tertiary alicyclic amines) is 1. The number of aliphatic hydroxyl groups is 1. The lowest BCUT2D eigenvalue weighted by Gasteiger charge is -2.34. The highest BCUT2D eigenvalue weighted by molar-refractivity contribution is 5.78. The number of hydrogen-bond acceptors (Lipinski definition) is 3. The second-order valence-corrected chi connectivity index (χ2v) is 4.97. The second kappa shape index (κ2) is 4.41. The van der Waals surface area contributed by atoms with Gasteiger partial charge in [-0.25, -0.2) is 0 Å². The first-order chi connectivity index (χ1) is 6.38. The van der Waals surface area contributed by atoms with Crippen LogP contribution in [-0.2, 0) is 4.79 Å². The molecule has 0 aromatic carbocycles. The van der Waals surface area contributed by atoms with E-state index in [9.17, 15) is 9.90 Å². The van der Waals surface area contributed by atoms with Crippen LogP contribution >= 0.6 is 0 Å². The van der Waals surface area contributed by atoms with Crippen molar-refractivity contribution >= 4 is 5.78 Å². The van der Waals surface area contributed by atoms with E-state index in [2.05, 4.69) is 4.90 Å². The minimum absolute atomic E-state index is 0.257. The SMILES string of the molecule is CC(=O)C1CCN(CC(C)(C)O)CC1. The Labute approximate surface area is 86.1 Å². The zero-order valence-electron chi connectivity index (χ0n) is 9.42. The zero-order chi connectivity index (χ0) is 10.8. The van der Waals surface area contributed by atoms with Crippen LogP contribution in [0.3, 0.4) is 0 Å². The molecule has 1 fully saturated rings. The van der Waals surface area contributed by atoms with E-state index >= 15 is 0 Å². The van der Waals surface area contributed by atoms with Crippen LogP contribution in [-0.4, -0.2) is 41.0 Å². The molecule has 14 heavy (non-hydrogen) atoms. The maximum Gasteiger partial charge on any atom is 0.133 e. The summed E-state index contributed by atoms with van der Waals surface area (Å²) in [7, 11) is 0. The normalized spacial score (nSPS) is 21.1. The molecule has 1 aliphatic rings. The number of carbonyl (C=O) groups excluding carboxylic acids is 1. The van der Waals surface area contributed by atoms with Crippen molar-refractivity contribution in [3.05, 3.63) is 0 Å². The molecular formula is C11H21NO2. The van der Waals surface area contributed by atoms with Crippen molar-refractivity contribution in [2.24, 2.45) is 5.92 Å². The predicted octanol–water partition coefficient (Wildman–Crippen LogP) is 1.06. The molecule has 1 aliphatic heterocycles. The number of piperidine rings is 1. The van der Waals surface area contributed by atoms with E-state index in [1.165, 1.54) is 0 Å². The van der Waals surface area contributed by atoms with E-state index in [4.69, 9.17) is 0 Å². The van der Waals surface area contributed by atoms with Crippen LogP contribution < -0.4 is 0 Å². The summed E-state index contributed by atoms with van der Waals surface area (Å²) in [5, 5.41) is 9.64. The van der Waals surface area contributed by atoms with Gasteiger partial charge in [-0.15, -0.1) is 0 Å². The molecule has 82 valence electrons. The van der Waals surface area contributed by atoms with Crippen LogP contribution in [0.15, 0.2) is 0 Å². The van der Waals surface area contributed by atoms with Crippen molar-refractivity contribution < 1.29 is 9.90 Å². The third-order valence-electron chi connectivity index (χ3n) is 2.77. The van der Waals surface area contributed by atoms with Gasteiger partial charge in [-0.2, -0.15) is 0 Å². The lowest BCUT2D eigenvalue weighted by Crippen LogP contribution is -2.43. The van der Waals surface area contributed by atoms with Gasteiger partial charge in [-0.3, -0.25) is 4.79 Å². The molecule has 0 aromatic rings. The molecule has 0 amide bonds. The average Bonchev–Trinajstić information content (AvgIpc) is 2.02. The third kappa shape index (κ3) is 3.76. The van der Waals surface area contributed by atoms with Crippen molar-refractivity contribution in [2.45, 2.75) is 39.2 Å². The summed E-state index contributed by atoms with van der Waals surface area (Å²) >= 11 is 0. The first kappa shape index (κ1) is 11.7. The van der Waals surface area contributed by atoms with Crippen LogP contribution in [0, 0.1) is 5.92 Å². The van der Waals surface area contributed by atoms with Crippen LogP contribution in [0.5, 0.6) is 0 Å². The van der Waals surface area contributed by atoms with Gasteiger partial charge >= 0.3 is 0 Å². The fraction of sp³-hybridized carbons (Fsp3) is 0.909. The first-order valence-electron chi connectivity index (χ1n) is 5.34. The molecular weight excluding hydrogens is 178 g/mol. The minimum Gasteiger partial charge on any atom is -0.389 e. The van der Waals surface area contributed by atoms with Gasteiger partial charge in [0.05, 0.1) is 5.60 Å². The number of hydrogen-bond donors (Lipinski definition) is 1. The highest BCUT2D eigenvalue weighted by atomic mass is 16.3. The zero-order valence-corrected chi connectivity index (χ0v) is 9.42. The number of β-amino-alcohol motifs (C(OH)–C–C–N with tert-alkyl or cyclic N) is 1. The highest BCUT2D eigenvalue weighted by Crippen LogP contribution is 2.19. The monoisotopic (exact) mass is 199 g/mol. The maximum atomic E-state index is 11.1. The summed E-state index contributed by atoms with van der Waals surface area (Å²) in [6.07, 6.45) is 1.90. The van der Waals surface area contributed by atoms with Crippen LogP contribution in [0.1, 0.15) is 33.6 Å². The van der Waals surface area contributed by atoms with Gasteiger partial charge in [0.15, 0.2) is 0 Å².